The number of hydrogen-bond acceptors (Lipinski definition) is 3. The van der Waals surface area contributed by atoms with Gasteiger partial charge in [0.25, 0.3) is 0 Å². The van der Waals surface area contributed by atoms with E-state index in [0.717, 1.165) is 26.0 Å². The minimum absolute atomic E-state index is 0.135. The summed E-state index contributed by atoms with van der Waals surface area (Å²) in [4.78, 5) is 3.99. The van der Waals surface area contributed by atoms with Crippen molar-refractivity contribution in [2.24, 2.45) is 0 Å². The number of nitrogens with zero attached hydrogens (tertiary/aromatic N) is 4. The SMILES string of the molecule is [2H]c1c([2H])c([2H])c(-c2c(C#N)c(-n3c4c(ccc5c6ccccc6sc54)c4ccc5c(sc6cccc(-c7c([2H])c([2H])c([2H])c([2H])c7[2H])c65)c43)c(-c3c([2H])c([2H])c([2H])c([2H])c3[2H])c(-n3c4c([2H])c([2H])c([2H])c([2H])c4c4c([2H])c([2H])c([2H])c([2H])c43)c2[N+]#[C-])c([2H])c1[2H]. The van der Waals surface area contributed by atoms with Crippen LogP contribution in [0.4, 0.5) is 5.69 Å². The van der Waals surface area contributed by atoms with Gasteiger partial charge in [-0.2, -0.15) is 5.26 Å². The lowest BCUT2D eigenvalue weighted by Crippen LogP contribution is -2.09. The van der Waals surface area contributed by atoms with Crippen LogP contribution in [0.15, 0.2) is 206 Å². The van der Waals surface area contributed by atoms with Crippen LogP contribution in [0.1, 0.15) is 37.1 Å². The van der Waals surface area contributed by atoms with Gasteiger partial charge in [-0.1, -0.05) is 181 Å². The Kier molecular flexibility index (Phi) is 4.84. The summed E-state index contributed by atoms with van der Waals surface area (Å²) in [6, 6.07) is 2.35. The zero-order chi connectivity index (χ0) is 65.1. The lowest BCUT2D eigenvalue weighted by Gasteiger charge is -2.26. The van der Waals surface area contributed by atoms with Gasteiger partial charge in [-0.25, -0.2) is 4.85 Å². The summed E-state index contributed by atoms with van der Waals surface area (Å²) in [7, 11) is 0. The van der Waals surface area contributed by atoms with Crippen LogP contribution >= 0.6 is 22.7 Å². The second-order valence-electron chi connectivity index (χ2n) is 15.6. The molecule has 0 bridgehead atoms. The van der Waals surface area contributed by atoms with Crippen LogP contribution in [0.3, 0.4) is 0 Å². The summed E-state index contributed by atoms with van der Waals surface area (Å²) in [5.41, 5.74) is -6.63. The molecule has 14 rings (SSSR count). The highest BCUT2D eigenvalue weighted by Crippen LogP contribution is 2.55. The Bertz CT molecular complexity index is 5760. The smallest absolute Gasteiger partial charge is 0.220 e. The fourth-order valence-corrected chi connectivity index (χ4v) is 12.2. The van der Waals surface area contributed by atoms with Crippen LogP contribution in [0.25, 0.3) is 134 Å². The van der Waals surface area contributed by atoms with Crippen LogP contribution in [-0.2, 0) is 0 Å². The summed E-state index contributed by atoms with van der Waals surface area (Å²) in [5, 5.41) is 14.4. The molecule has 0 radical (unpaired) electrons. The van der Waals surface area contributed by atoms with Crippen molar-refractivity contribution in [3.05, 3.63) is 223 Å². The van der Waals surface area contributed by atoms with Crippen molar-refractivity contribution in [1.29, 1.82) is 5.26 Å². The highest BCUT2D eigenvalue weighted by atomic mass is 32.1. The van der Waals surface area contributed by atoms with Crippen molar-refractivity contribution in [2.75, 3.05) is 0 Å². The third-order valence-electron chi connectivity index (χ3n) is 12.3. The number of fused-ring (bicyclic) bond motifs is 14. The van der Waals surface area contributed by atoms with Gasteiger partial charge >= 0.3 is 0 Å². The fourth-order valence-electron chi connectivity index (χ4n) is 9.70. The number of aromatic nitrogens is 2. The van der Waals surface area contributed by atoms with E-state index in [1.165, 1.54) is 11.3 Å². The van der Waals surface area contributed by atoms with Crippen molar-refractivity contribution < 1.29 is 31.5 Å². The van der Waals surface area contributed by atoms with Gasteiger partial charge in [-0.05, 0) is 46.5 Å². The van der Waals surface area contributed by atoms with E-state index in [1.807, 2.05) is 30.3 Å². The molecule has 0 spiro atoms. The van der Waals surface area contributed by atoms with E-state index in [-0.39, 0.29) is 22.2 Å². The first-order chi connectivity index (χ1) is 43.2. The van der Waals surface area contributed by atoms with Crippen LogP contribution in [0.2, 0.25) is 0 Å². The van der Waals surface area contributed by atoms with E-state index in [0.29, 0.717) is 41.0 Å². The zero-order valence-electron chi connectivity index (χ0n) is 57.5. The van der Waals surface area contributed by atoms with Crippen LogP contribution < -0.4 is 0 Å². The number of para-hydroxylation sites is 2. The summed E-state index contributed by atoms with van der Waals surface area (Å²) in [5.74, 6) is 0. The monoisotopic (exact) mass is 921 g/mol. The Balaban J connectivity index is 1.38. The molecule has 0 atom stereocenters. The minimum atomic E-state index is -0.975. The molecule has 0 saturated heterocycles. The standard InChI is InChI=1S/C62H34N4S2/c1-64-56-53(38-20-7-3-8-21-38)48(36-63)57(54(39-22-9-4-10-23-39)60(56)65-49-28-14-11-24-41(49)42-25-12-15-29-50(42)65)66-58-44(32-34-46-43-26-13-16-30-51(43)67-61(46)58)45-33-35-47-55-40(37-18-5-2-6-19-37)27-17-31-52(55)68-62(47)59(45)66/h2-35H/i2D,3D,4D,5D,6D,7D,8D,9D,10D,11D,12D,14D,15D,18D,19D,20D,21D,22D,23D,24D,25D,28D,29D. The van der Waals surface area contributed by atoms with E-state index in [9.17, 15) is 25.5 Å². The first-order valence-electron chi connectivity index (χ1n) is 32.2. The van der Waals surface area contributed by atoms with Gasteiger partial charge in [0, 0.05) is 63.6 Å². The Morgan fingerprint density at radius 3 is 1.65 bits per heavy atom. The van der Waals surface area contributed by atoms with Gasteiger partial charge < -0.3 is 9.13 Å². The maximum atomic E-state index is 12.5. The number of benzene rings is 10. The molecule has 4 nitrogen and oxygen atoms in total. The average Bonchev–Trinajstić information content (AvgIpc) is 1.58. The molecule has 0 fully saturated rings. The molecule has 6 heteroatoms. The molecular formula is C62H34N4S2. The molecule has 10 aromatic carbocycles. The van der Waals surface area contributed by atoms with E-state index in [1.54, 1.807) is 41.0 Å². The largest absolute Gasteiger partial charge is 0.318 e. The third kappa shape index (κ3) is 5.33. The van der Waals surface area contributed by atoms with E-state index in [2.05, 4.69) is 10.9 Å². The van der Waals surface area contributed by atoms with Gasteiger partial charge in [0.05, 0.1) is 86.5 Å². The first kappa shape index (κ1) is 22.1. The molecule has 0 aliphatic carbocycles. The maximum absolute atomic E-state index is 12.5. The maximum Gasteiger partial charge on any atom is 0.220 e. The van der Waals surface area contributed by atoms with Crippen LogP contribution in [0, 0.1) is 17.9 Å². The van der Waals surface area contributed by atoms with Crippen molar-refractivity contribution in [1.82, 2.24) is 9.13 Å². The van der Waals surface area contributed by atoms with Crippen molar-refractivity contribution in [3.8, 4) is 50.8 Å². The van der Waals surface area contributed by atoms with Crippen molar-refractivity contribution in [2.45, 2.75) is 0 Å². The van der Waals surface area contributed by atoms with Crippen molar-refractivity contribution >= 4 is 112 Å². The Morgan fingerprint density at radius 2 is 1.00 bits per heavy atom. The molecule has 0 unspecified atom stereocenters. The van der Waals surface area contributed by atoms with E-state index >= 15 is 0 Å². The Labute approximate surface area is 430 Å². The number of thiophene rings is 2. The van der Waals surface area contributed by atoms with Gasteiger partial charge in [0.2, 0.25) is 5.69 Å². The number of hydrogen-bond donors (Lipinski definition) is 0. The van der Waals surface area contributed by atoms with Crippen molar-refractivity contribution in [3.63, 3.8) is 0 Å². The predicted molar refractivity (Wildman–Crippen MR) is 288 cm³/mol. The normalized spacial score (nSPS) is 16.5. The second kappa shape index (κ2) is 14.9. The molecule has 4 aromatic heterocycles. The summed E-state index contributed by atoms with van der Waals surface area (Å²) in [6.07, 6.45) is 0. The highest BCUT2D eigenvalue weighted by molar-refractivity contribution is 7.27. The predicted octanol–water partition coefficient (Wildman–Crippen LogP) is 18.0. The lowest BCUT2D eigenvalue weighted by atomic mass is 9.88. The molecular weight excluding hydrogens is 865 g/mol. The highest BCUT2D eigenvalue weighted by Gasteiger charge is 2.33. The minimum Gasteiger partial charge on any atom is -0.318 e. The molecule has 314 valence electrons. The first-order valence-corrected chi connectivity index (χ1v) is 22.4. The molecule has 68 heavy (non-hydrogen) atoms. The number of nitriles is 1. The van der Waals surface area contributed by atoms with Gasteiger partial charge in [0.15, 0.2) is 0 Å². The lowest BCUT2D eigenvalue weighted by molar-refractivity contribution is 1.14. The summed E-state index contributed by atoms with van der Waals surface area (Å²) in [6.45, 7) is 9.38. The molecule has 4 heterocycles. The molecule has 0 saturated carbocycles. The average molecular weight is 922 g/mol. The zero-order valence-corrected chi connectivity index (χ0v) is 36.1. The molecule has 0 N–H and O–H groups in total. The van der Waals surface area contributed by atoms with Crippen LogP contribution in [0.5, 0.6) is 0 Å². The van der Waals surface area contributed by atoms with Gasteiger partial charge in [0.1, 0.15) is 6.07 Å². The van der Waals surface area contributed by atoms with Gasteiger partial charge in [-0.15, -0.1) is 22.7 Å². The molecule has 0 amide bonds. The Hall–Kier alpha value is -8.78. The second-order valence-corrected chi connectivity index (χ2v) is 17.7. The van der Waals surface area contributed by atoms with Crippen LogP contribution in [-0.4, -0.2) is 9.13 Å². The third-order valence-corrected chi connectivity index (χ3v) is 14.7. The quantitative estimate of drug-likeness (QED) is 0.159. The molecule has 0 aliphatic rings. The van der Waals surface area contributed by atoms with E-state index in [4.69, 9.17) is 17.8 Å². The fraction of sp³-hybridized carbons (Fsp3) is 0. The summed E-state index contributed by atoms with van der Waals surface area (Å²) < 4.78 is 217. The summed E-state index contributed by atoms with van der Waals surface area (Å²) >= 11 is 2.45. The number of rotatable bonds is 5. The van der Waals surface area contributed by atoms with Gasteiger partial charge in [-0.3, -0.25) is 0 Å². The Morgan fingerprint density at radius 1 is 0.471 bits per heavy atom. The van der Waals surface area contributed by atoms with E-state index < -0.39 is 206 Å². The molecule has 0 aliphatic heterocycles. The topological polar surface area (TPSA) is 38.0 Å². The molecule has 14 aromatic rings.